The highest BCUT2D eigenvalue weighted by Gasteiger charge is 2.24. The standard InChI is InChI=1S/C11H16N4O2S/c1-11(5-16,6-17)15-8-7-3-4-18-9(7)14-10(12-2)13-8/h3-4,16-17H,5-6H2,1-2H3,(H2,12,13,14,15). The quantitative estimate of drug-likeness (QED) is 0.644. The number of anilines is 2. The van der Waals surface area contributed by atoms with Gasteiger partial charge in [-0.2, -0.15) is 4.98 Å². The normalized spacial score (nSPS) is 11.8. The number of aliphatic hydroxyl groups excluding tert-OH is 2. The molecule has 7 heteroatoms. The second-order valence-electron chi connectivity index (χ2n) is 4.29. The molecule has 0 saturated carbocycles. The van der Waals surface area contributed by atoms with Gasteiger partial charge in [-0.25, -0.2) is 4.98 Å². The summed E-state index contributed by atoms with van der Waals surface area (Å²) in [7, 11) is 1.75. The number of fused-ring (bicyclic) bond motifs is 1. The van der Waals surface area contributed by atoms with Crippen molar-refractivity contribution in [3.63, 3.8) is 0 Å². The predicted molar refractivity (Wildman–Crippen MR) is 73.2 cm³/mol. The molecule has 0 bridgehead atoms. The van der Waals surface area contributed by atoms with Gasteiger partial charge in [0.1, 0.15) is 10.6 Å². The zero-order chi connectivity index (χ0) is 13.2. The molecule has 0 unspecified atom stereocenters. The molecule has 0 aliphatic rings. The van der Waals surface area contributed by atoms with Crippen LogP contribution in [0.2, 0.25) is 0 Å². The van der Waals surface area contributed by atoms with Crippen molar-refractivity contribution in [2.45, 2.75) is 12.5 Å². The summed E-state index contributed by atoms with van der Waals surface area (Å²) < 4.78 is 0. The summed E-state index contributed by atoms with van der Waals surface area (Å²) in [5.74, 6) is 1.11. The van der Waals surface area contributed by atoms with Crippen LogP contribution < -0.4 is 10.6 Å². The molecule has 0 fully saturated rings. The minimum Gasteiger partial charge on any atom is -0.394 e. The van der Waals surface area contributed by atoms with E-state index in [1.807, 2.05) is 11.4 Å². The fourth-order valence-corrected chi connectivity index (χ4v) is 2.24. The van der Waals surface area contributed by atoms with E-state index in [1.54, 1.807) is 14.0 Å². The van der Waals surface area contributed by atoms with Gasteiger partial charge >= 0.3 is 0 Å². The van der Waals surface area contributed by atoms with Crippen LogP contribution in [0, 0.1) is 0 Å². The molecule has 0 atom stereocenters. The summed E-state index contributed by atoms with van der Waals surface area (Å²) in [5, 5.41) is 27.4. The van der Waals surface area contributed by atoms with Gasteiger partial charge in [0.05, 0.1) is 24.1 Å². The SMILES string of the molecule is CNc1nc(NC(C)(CO)CO)c2ccsc2n1. The average molecular weight is 268 g/mol. The Morgan fingerprint density at radius 1 is 1.33 bits per heavy atom. The van der Waals surface area contributed by atoms with Crippen molar-refractivity contribution in [2.75, 3.05) is 30.9 Å². The van der Waals surface area contributed by atoms with Gasteiger partial charge in [-0.15, -0.1) is 11.3 Å². The molecule has 18 heavy (non-hydrogen) atoms. The molecule has 0 aliphatic heterocycles. The van der Waals surface area contributed by atoms with Crippen LogP contribution >= 0.6 is 11.3 Å². The van der Waals surface area contributed by atoms with Crippen LogP contribution in [0.15, 0.2) is 11.4 Å². The summed E-state index contributed by atoms with van der Waals surface area (Å²) in [4.78, 5) is 9.51. The van der Waals surface area contributed by atoms with E-state index < -0.39 is 5.54 Å². The van der Waals surface area contributed by atoms with Gasteiger partial charge in [0, 0.05) is 7.05 Å². The molecule has 4 N–H and O–H groups in total. The van der Waals surface area contributed by atoms with Crippen molar-refractivity contribution in [1.29, 1.82) is 0 Å². The summed E-state index contributed by atoms with van der Waals surface area (Å²) in [5.41, 5.74) is -0.811. The first-order valence-electron chi connectivity index (χ1n) is 5.55. The van der Waals surface area contributed by atoms with Gasteiger partial charge in [-0.3, -0.25) is 0 Å². The molecule has 0 spiro atoms. The molecule has 0 aromatic carbocycles. The molecular formula is C11H16N4O2S. The second kappa shape index (κ2) is 5.05. The Morgan fingerprint density at radius 3 is 2.67 bits per heavy atom. The maximum absolute atomic E-state index is 9.32. The summed E-state index contributed by atoms with van der Waals surface area (Å²) >= 11 is 1.52. The van der Waals surface area contributed by atoms with Gasteiger partial charge in [-0.1, -0.05) is 0 Å². The van der Waals surface area contributed by atoms with Crippen molar-refractivity contribution < 1.29 is 10.2 Å². The van der Waals surface area contributed by atoms with Gasteiger partial charge in [0.25, 0.3) is 0 Å². The van der Waals surface area contributed by atoms with E-state index in [2.05, 4.69) is 20.6 Å². The highest BCUT2D eigenvalue weighted by Crippen LogP contribution is 2.28. The Morgan fingerprint density at radius 2 is 2.06 bits per heavy atom. The molecule has 2 heterocycles. The molecule has 0 radical (unpaired) electrons. The molecule has 0 amide bonds. The summed E-state index contributed by atoms with van der Waals surface area (Å²) in [6.45, 7) is 1.36. The minimum atomic E-state index is -0.811. The van der Waals surface area contributed by atoms with Crippen molar-refractivity contribution in [1.82, 2.24) is 9.97 Å². The highest BCUT2D eigenvalue weighted by molar-refractivity contribution is 7.16. The van der Waals surface area contributed by atoms with E-state index in [9.17, 15) is 10.2 Å². The number of nitrogens with one attached hydrogen (secondary N) is 2. The van der Waals surface area contributed by atoms with Crippen molar-refractivity contribution in [3.8, 4) is 0 Å². The monoisotopic (exact) mass is 268 g/mol. The Hall–Kier alpha value is -1.44. The van der Waals surface area contributed by atoms with Crippen LogP contribution in [0.25, 0.3) is 10.2 Å². The van der Waals surface area contributed by atoms with E-state index in [0.29, 0.717) is 11.8 Å². The van der Waals surface area contributed by atoms with E-state index in [1.165, 1.54) is 11.3 Å². The van der Waals surface area contributed by atoms with Crippen molar-refractivity contribution in [3.05, 3.63) is 11.4 Å². The van der Waals surface area contributed by atoms with E-state index in [4.69, 9.17) is 0 Å². The Labute approximate surface area is 109 Å². The van der Waals surface area contributed by atoms with Crippen LogP contribution in [0.3, 0.4) is 0 Å². The fraction of sp³-hybridized carbons (Fsp3) is 0.455. The number of nitrogens with zero attached hydrogens (tertiary/aromatic N) is 2. The Balaban J connectivity index is 2.45. The van der Waals surface area contributed by atoms with E-state index in [-0.39, 0.29) is 13.2 Å². The lowest BCUT2D eigenvalue weighted by molar-refractivity contribution is 0.147. The highest BCUT2D eigenvalue weighted by atomic mass is 32.1. The lowest BCUT2D eigenvalue weighted by Crippen LogP contribution is -2.42. The van der Waals surface area contributed by atoms with Crippen LogP contribution in [0.4, 0.5) is 11.8 Å². The van der Waals surface area contributed by atoms with Crippen molar-refractivity contribution >= 4 is 33.3 Å². The molecule has 0 aliphatic carbocycles. The van der Waals surface area contributed by atoms with E-state index >= 15 is 0 Å². The van der Waals surface area contributed by atoms with Gasteiger partial charge in [0.2, 0.25) is 5.95 Å². The first-order valence-corrected chi connectivity index (χ1v) is 6.43. The second-order valence-corrected chi connectivity index (χ2v) is 5.18. The number of aromatic nitrogens is 2. The molecule has 0 saturated heterocycles. The maximum atomic E-state index is 9.32. The maximum Gasteiger partial charge on any atom is 0.225 e. The lowest BCUT2D eigenvalue weighted by Gasteiger charge is -2.27. The molecular weight excluding hydrogens is 252 g/mol. The first-order chi connectivity index (χ1) is 8.61. The topological polar surface area (TPSA) is 90.3 Å². The number of rotatable bonds is 5. The van der Waals surface area contributed by atoms with Gasteiger partial charge < -0.3 is 20.8 Å². The smallest absolute Gasteiger partial charge is 0.225 e. The zero-order valence-corrected chi connectivity index (χ0v) is 11.1. The third-order valence-electron chi connectivity index (χ3n) is 2.67. The first kappa shape index (κ1) is 13.0. The van der Waals surface area contributed by atoms with Crippen LogP contribution in [0.1, 0.15) is 6.92 Å². The van der Waals surface area contributed by atoms with E-state index in [0.717, 1.165) is 10.2 Å². The third kappa shape index (κ3) is 2.38. The Kier molecular flexibility index (Phi) is 3.65. The van der Waals surface area contributed by atoms with Crippen molar-refractivity contribution in [2.24, 2.45) is 0 Å². The van der Waals surface area contributed by atoms with Crippen LogP contribution in [-0.4, -0.2) is 46.0 Å². The fourth-order valence-electron chi connectivity index (χ4n) is 1.48. The molecule has 98 valence electrons. The minimum absolute atomic E-state index is 0.186. The number of hydrogen-bond acceptors (Lipinski definition) is 7. The van der Waals surface area contributed by atoms with Crippen LogP contribution in [-0.2, 0) is 0 Å². The Bertz CT molecular complexity index is 539. The summed E-state index contributed by atoms with van der Waals surface area (Å²) in [6.07, 6.45) is 0. The zero-order valence-electron chi connectivity index (χ0n) is 10.3. The van der Waals surface area contributed by atoms with Crippen LogP contribution in [0.5, 0.6) is 0 Å². The number of aliphatic hydroxyl groups is 2. The molecule has 6 nitrogen and oxygen atoms in total. The lowest BCUT2D eigenvalue weighted by atomic mass is 10.1. The predicted octanol–water partition coefficient (Wildman–Crippen LogP) is 0.888. The largest absolute Gasteiger partial charge is 0.394 e. The molecule has 2 aromatic heterocycles. The molecule has 2 aromatic rings. The van der Waals surface area contributed by atoms with Gasteiger partial charge in [0.15, 0.2) is 0 Å². The van der Waals surface area contributed by atoms with Gasteiger partial charge in [-0.05, 0) is 18.4 Å². The summed E-state index contributed by atoms with van der Waals surface area (Å²) in [6, 6.07) is 1.91. The third-order valence-corrected chi connectivity index (χ3v) is 3.47. The molecule has 2 rings (SSSR count). The number of hydrogen-bond donors (Lipinski definition) is 4. The average Bonchev–Trinajstić information content (AvgIpc) is 2.86. The number of thiophene rings is 1.